The summed E-state index contributed by atoms with van der Waals surface area (Å²) in [4.78, 5) is 12.2. The lowest BCUT2D eigenvalue weighted by molar-refractivity contribution is -0.113. The molecule has 0 bridgehead atoms. The zero-order chi connectivity index (χ0) is 20.1. The topological polar surface area (TPSA) is 120 Å². The Kier molecular flexibility index (Phi) is 6.12. The SMILES string of the molecule is CCn1c(SCC(=O)Nc2ccccc2)nnc1-c1ccc(S(N)(=O)=O)cc1. The average Bonchev–Trinajstić information content (AvgIpc) is 3.09. The molecular formula is C18H19N5O3S2. The molecule has 0 spiro atoms. The van der Waals surface area contributed by atoms with Crippen molar-refractivity contribution in [3.05, 3.63) is 54.6 Å². The molecule has 146 valence electrons. The number of anilines is 1. The smallest absolute Gasteiger partial charge is 0.238 e. The average molecular weight is 418 g/mol. The molecule has 0 saturated heterocycles. The first-order chi connectivity index (χ1) is 13.4. The van der Waals surface area contributed by atoms with Gasteiger partial charge in [0.25, 0.3) is 0 Å². The summed E-state index contributed by atoms with van der Waals surface area (Å²) < 4.78 is 24.7. The normalized spacial score (nSPS) is 11.4. The van der Waals surface area contributed by atoms with Crippen molar-refractivity contribution in [2.45, 2.75) is 23.5 Å². The Balaban J connectivity index is 1.72. The third-order valence-corrected chi connectivity index (χ3v) is 5.76. The fourth-order valence-corrected chi connectivity index (χ4v) is 3.85. The molecular weight excluding hydrogens is 398 g/mol. The summed E-state index contributed by atoms with van der Waals surface area (Å²) in [6.07, 6.45) is 0. The lowest BCUT2D eigenvalue weighted by Gasteiger charge is -2.08. The van der Waals surface area contributed by atoms with Crippen molar-refractivity contribution in [3.8, 4) is 11.4 Å². The monoisotopic (exact) mass is 417 g/mol. The molecule has 0 fully saturated rings. The van der Waals surface area contributed by atoms with Crippen LogP contribution in [0.25, 0.3) is 11.4 Å². The van der Waals surface area contributed by atoms with Crippen molar-refractivity contribution in [1.82, 2.24) is 14.8 Å². The van der Waals surface area contributed by atoms with E-state index in [0.29, 0.717) is 23.1 Å². The maximum atomic E-state index is 12.1. The largest absolute Gasteiger partial charge is 0.325 e. The second-order valence-electron chi connectivity index (χ2n) is 5.82. The Morgan fingerprint density at radius 3 is 2.39 bits per heavy atom. The van der Waals surface area contributed by atoms with E-state index in [2.05, 4.69) is 15.5 Å². The van der Waals surface area contributed by atoms with Crippen molar-refractivity contribution in [3.63, 3.8) is 0 Å². The summed E-state index contributed by atoms with van der Waals surface area (Å²) in [6, 6.07) is 15.3. The Morgan fingerprint density at radius 2 is 1.79 bits per heavy atom. The highest BCUT2D eigenvalue weighted by Gasteiger charge is 2.16. The second-order valence-corrected chi connectivity index (χ2v) is 8.33. The van der Waals surface area contributed by atoms with Gasteiger partial charge < -0.3 is 9.88 Å². The number of amides is 1. The summed E-state index contributed by atoms with van der Waals surface area (Å²) in [7, 11) is -3.75. The third kappa shape index (κ3) is 4.77. The van der Waals surface area contributed by atoms with Crippen LogP contribution in [0.15, 0.2) is 64.6 Å². The van der Waals surface area contributed by atoms with Gasteiger partial charge in [-0.25, -0.2) is 13.6 Å². The molecule has 1 aromatic heterocycles. The molecule has 0 radical (unpaired) electrons. The number of aromatic nitrogens is 3. The van der Waals surface area contributed by atoms with Gasteiger partial charge in [-0.1, -0.05) is 30.0 Å². The van der Waals surface area contributed by atoms with Crippen molar-refractivity contribution >= 4 is 33.4 Å². The van der Waals surface area contributed by atoms with Gasteiger partial charge in [0.05, 0.1) is 10.6 Å². The van der Waals surface area contributed by atoms with E-state index in [0.717, 1.165) is 5.69 Å². The summed E-state index contributed by atoms with van der Waals surface area (Å²) in [6.45, 7) is 2.54. The Hall–Kier alpha value is -2.69. The molecule has 1 heterocycles. The van der Waals surface area contributed by atoms with Gasteiger partial charge >= 0.3 is 0 Å². The maximum Gasteiger partial charge on any atom is 0.238 e. The van der Waals surface area contributed by atoms with Crippen molar-refractivity contribution < 1.29 is 13.2 Å². The maximum absolute atomic E-state index is 12.1. The Labute approximate surface area is 167 Å². The number of nitrogens with two attached hydrogens (primary N) is 1. The van der Waals surface area contributed by atoms with Crippen molar-refractivity contribution in [1.29, 1.82) is 0 Å². The molecule has 3 rings (SSSR count). The van der Waals surface area contributed by atoms with Crippen molar-refractivity contribution in [2.24, 2.45) is 5.14 Å². The van der Waals surface area contributed by atoms with Gasteiger partial charge in [-0.3, -0.25) is 4.79 Å². The predicted molar refractivity (Wildman–Crippen MR) is 108 cm³/mol. The number of nitrogens with one attached hydrogen (secondary N) is 1. The molecule has 1 amide bonds. The minimum absolute atomic E-state index is 0.0333. The van der Waals surface area contributed by atoms with Gasteiger partial charge in [-0.2, -0.15) is 0 Å². The highest BCUT2D eigenvalue weighted by atomic mass is 32.2. The van der Waals surface area contributed by atoms with Gasteiger partial charge in [0, 0.05) is 17.8 Å². The second kappa shape index (κ2) is 8.55. The standard InChI is InChI=1S/C18H19N5O3S2/c1-2-23-17(13-8-10-15(11-9-13)28(19,25)26)21-22-18(23)27-12-16(24)20-14-6-4-3-5-7-14/h3-11H,2,12H2,1H3,(H,20,24)(H2,19,25,26). The number of primary sulfonamides is 1. The molecule has 0 aliphatic rings. The molecule has 0 unspecified atom stereocenters. The van der Waals surface area contributed by atoms with E-state index >= 15 is 0 Å². The predicted octanol–water partition coefficient (Wildman–Crippen LogP) is 2.34. The minimum atomic E-state index is -3.75. The van der Waals surface area contributed by atoms with Crippen LogP contribution in [0, 0.1) is 0 Å². The van der Waals surface area contributed by atoms with E-state index in [1.54, 1.807) is 12.1 Å². The zero-order valence-corrected chi connectivity index (χ0v) is 16.7. The minimum Gasteiger partial charge on any atom is -0.325 e. The number of hydrogen-bond donors (Lipinski definition) is 2. The summed E-state index contributed by atoms with van der Waals surface area (Å²) >= 11 is 1.28. The zero-order valence-electron chi connectivity index (χ0n) is 15.1. The molecule has 10 heteroatoms. The van der Waals surface area contributed by atoms with Crippen LogP contribution in [0.2, 0.25) is 0 Å². The summed E-state index contributed by atoms with van der Waals surface area (Å²) in [5.41, 5.74) is 1.45. The van der Waals surface area contributed by atoms with E-state index in [9.17, 15) is 13.2 Å². The van der Waals surface area contributed by atoms with Crippen LogP contribution in [0.4, 0.5) is 5.69 Å². The van der Waals surface area contributed by atoms with E-state index < -0.39 is 10.0 Å². The van der Waals surface area contributed by atoms with Crippen LogP contribution in [-0.2, 0) is 21.4 Å². The number of carbonyl (C=O) groups excluding carboxylic acids is 1. The first kappa shape index (κ1) is 20.1. The molecule has 0 atom stereocenters. The molecule has 0 aliphatic carbocycles. The molecule has 0 aliphatic heterocycles. The van der Waals surface area contributed by atoms with Crippen LogP contribution >= 0.6 is 11.8 Å². The number of rotatable bonds is 7. The van der Waals surface area contributed by atoms with Crippen LogP contribution < -0.4 is 10.5 Å². The lowest BCUT2D eigenvalue weighted by atomic mass is 10.2. The van der Waals surface area contributed by atoms with Crippen LogP contribution in [0.3, 0.4) is 0 Å². The summed E-state index contributed by atoms with van der Waals surface area (Å²) in [5, 5.41) is 16.9. The van der Waals surface area contributed by atoms with Crippen LogP contribution in [-0.4, -0.2) is 34.8 Å². The number of thioether (sulfide) groups is 1. The van der Waals surface area contributed by atoms with E-state index in [4.69, 9.17) is 5.14 Å². The molecule has 3 N–H and O–H groups in total. The van der Waals surface area contributed by atoms with E-state index in [1.165, 1.54) is 23.9 Å². The van der Waals surface area contributed by atoms with Gasteiger partial charge in [0.15, 0.2) is 11.0 Å². The molecule has 0 saturated carbocycles. The fraction of sp³-hybridized carbons (Fsp3) is 0.167. The number of nitrogens with zero attached hydrogens (tertiary/aromatic N) is 3. The lowest BCUT2D eigenvalue weighted by Crippen LogP contribution is -2.14. The highest BCUT2D eigenvalue weighted by molar-refractivity contribution is 7.99. The van der Waals surface area contributed by atoms with Gasteiger partial charge in [0.1, 0.15) is 0 Å². The van der Waals surface area contributed by atoms with Crippen LogP contribution in [0.1, 0.15) is 6.92 Å². The molecule has 8 nitrogen and oxygen atoms in total. The molecule has 28 heavy (non-hydrogen) atoms. The Morgan fingerprint density at radius 1 is 1.11 bits per heavy atom. The number of hydrogen-bond acceptors (Lipinski definition) is 6. The number of carbonyl (C=O) groups is 1. The third-order valence-electron chi connectivity index (χ3n) is 3.86. The molecule has 2 aromatic carbocycles. The fourth-order valence-electron chi connectivity index (χ4n) is 2.54. The van der Waals surface area contributed by atoms with Gasteiger partial charge in [-0.15, -0.1) is 10.2 Å². The van der Waals surface area contributed by atoms with Crippen LogP contribution in [0.5, 0.6) is 0 Å². The van der Waals surface area contributed by atoms with Crippen molar-refractivity contribution in [2.75, 3.05) is 11.1 Å². The number of para-hydroxylation sites is 1. The molecule has 3 aromatic rings. The first-order valence-corrected chi connectivity index (χ1v) is 11.0. The highest BCUT2D eigenvalue weighted by Crippen LogP contribution is 2.25. The van der Waals surface area contributed by atoms with E-state index in [-0.39, 0.29) is 16.6 Å². The number of benzene rings is 2. The number of sulfonamides is 1. The van der Waals surface area contributed by atoms with Gasteiger partial charge in [0.2, 0.25) is 15.9 Å². The summed E-state index contributed by atoms with van der Waals surface area (Å²) in [5.74, 6) is 0.646. The van der Waals surface area contributed by atoms with E-state index in [1.807, 2.05) is 41.8 Å². The quantitative estimate of drug-likeness (QED) is 0.569. The Bertz CT molecular complexity index is 1060. The van der Waals surface area contributed by atoms with Gasteiger partial charge in [-0.05, 0) is 43.3 Å². The first-order valence-electron chi connectivity index (χ1n) is 8.42.